The maximum absolute atomic E-state index is 13.9. The van der Waals surface area contributed by atoms with Crippen molar-refractivity contribution in [2.24, 2.45) is 0 Å². The van der Waals surface area contributed by atoms with Gasteiger partial charge in [0.1, 0.15) is 5.57 Å². The molecule has 0 atom stereocenters. The van der Waals surface area contributed by atoms with Crippen molar-refractivity contribution in [3.05, 3.63) is 154 Å². The van der Waals surface area contributed by atoms with Gasteiger partial charge >= 0.3 is 0 Å². The molecule has 0 N–H and O–H groups in total. The molecule has 0 unspecified atom stereocenters. The molecule has 6 aromatic rings. The normalized spacial score (nSPS) is 14.4. The number of benzene rings is 5. The van der Waals surface area contributed by atoms with E-state index in [4.69, 9.17) is 12.2 Å². The maximum Gasteiger partial charge on any atom is 0.283 e. The maximum atomic E-state index is 13.9. The van der Waals surface area contributed by atoms with Crippen molar-refractivity contribution >= 4 is 103 Å². The van der Waals surface area contributed by atoms with Gasteiger partial charge < -0.3 is 0 Å². The number of imide groups is 1. The second-order valence-corrected chi connectivity index (χ2v) is 14.2. The third-order valence-corrected chi connectivity index (χ3v) is 10.9. The van der Waals surface area contributed by atoms with Crippen LogP contribution in [0.1, 0.15) is 26.3 Å². The average molecular weight is 740 g/mol. The van der Waals surface area contributed by atoms with Crippen molar-refractivity contribution in [1.82, 2.24) is 4.98 Å². The lowest BCUT2D eigenvalue weighted by molar-refractivity contribution is -0.387. The minimum atomic E-state index is -0.662. The molecule has 252 valence electrons. The van der Waals surface area contributed by atoms with Gasteiger partial charge in [-0.05, 0) is 84.5 Å². The number of anilines is 3. The fourth-order valence-corrected chi connectivity index (χ4v) is 8.47. The van der Waals surface area contributed by atoms with Crippen LogP contribution in [-0.2, 0) is 9.59 Å². The number of aromatic nitrogens is 1. The van der Waals surface area contributed by atoms with Crippen LogP contribution >= 0.6 is 35.3 Å². The lowest BCUT2D eigenvalue weighted by atomic mass is 10.0. The van der Waals surface area contributed by atoms with Crippen LogP contribution in [0.4, 0.5) is 22.7 Å². The monoisotopic (exact) mass is 739 g/mol. The number of thiazole rings is 1. The van der Waals surface area contributed by atoms with E-state index < -0.39 is 28.6 Å². The smallest absolute Gasteiger partial charge is 0.268 e. The Bertz CT molecular complexity index is 2460. The lowest BCUT2D eigenvalue weighted by Gasteiger charge is -2.36. The summed E-state index contributed by atoms with van der Waals surface area (Å²) < 4.78 is 1.17. The van der Waals surface area contributed by atoms with E-state index in [2.05, 4.69) is 4.98 Å². The molecular weight excluding hydrogens is 719 g/mol. The van der Waals surface area contributed by atoms with Crippen LogP contribution in [0.15, 0.2) is 136 Å². The predicted molar refractivity (Wildman–Crippen MR) is 203 cm³/mol. The Balaban J connectivity index is 1.11. The number of amides is 4. The van der Waals surface area contributed by atoms with Crippen LogP contribution in [0.25, 0.3) is 16.3 Å². The van der Waals surface area contributed by atoms with Crippen LogP contribution in [0.5, 0.6) is 0 Å². The predicted octanol–water partition coefficient (Wildman–Crippen LogP) is 7.90. The molecule has 0 bridgehead atoms. The number of nitro benzene ring substituents is 1. The highest BCUT2D eigenvalue weighted by atomic mass is 32.2. The van der Waals surface area contributed by atoms with E-state index in [1.54, 1.807) is 109 Å². The van der Waals surface area contributed by atoms with Gasteiger partial charge in [0.2, 0.25) is 0 Å². The number of thiocarbonyl (C=S) groups is 1. The van der Waals surface area contributed by atoms with Crippen molar-refractivity contribution < 1.29 is 24.1 Å². The average Bonchev–Trinajstić information content (AvgIpc) is 3.67. The van der Waals surface area contributed by atoms with Crippen LogP contribution in [-0.4, -0.2) is 38.6 Å². The number of nitro groups is 1. The number of hydrogen-bond acceptors (Lipinski definition) is 10. The first kappa shape index (κ1) is 32.8. The number of hydrogen-bond donors (Lipinski definition) is 0. The Morgan fingerprint density at radius 3 is 1.83 bits per heavy atom. The van der Waals surface area contributed by atoms with E-state index in [0.29, 0.717) is 42.7 Å². The summed E-state index contributed by atoms with van der Waals surface area (Å²) in [7, 11) is 0. The molecule has 0 aliphatic carbocycles. The first-order valence-electron chi connectivity index (χ1n) is 15.6. The molecule has 1 saturated heterocycles. The molecule has 1 fully saturated rings. The summed E-state index contributed by atoms with van der Waals surface area (Å²) >= 11 is 7.99. The van der Waals surface area contributed by atoms with E-state index in [0.717, 1.165) is 16.7 Å². The van der Waals surface area contributed by atoms with Crippen LogP contribution < -0.4 is 14.7 Å². The summed E-state index contributed by atoms with van der Waals surface area (Å²) in [6.07, 6.45) is 1.33. The van der Waals surface area contributed by atoms with Gasteiger partial charge in [-0.1, -0.05) is 66.4 Å². The van der Waals surface area contributed by atoms with E-state index in [9.17, 15) is 29.3 Å². The first-order chi connectivity index (χ1) is 25.2. The van der Waals surface area contributed by atoms with Gasteiger partial charge in [-0.25, -0.2) is 9.88 Å². The molecule has 0 spiro atoms. The second kappa shape index (κ2) is 13.1. The van der Waals surface area contributed by atoms with Crippen LogP contribution in [0.3, 0.4) is 0 Å². The summed E-state index contributed by atoms with van der Waals surface area (Å²) in [5, 5.41) is 12.3. The molecule has 3 heterocycles. The van der Waals surface area contributed by atoms with Gasteiger partial charge in [-0.2, -0.15) is 0 Å². The molecule has 1 aromatic heterocycles. The summed E-state index contributed by atoms with van der Waals surface area (Å²) in [4.78, 5) is 74.2. The molecule has 0 saturated carbocycles. The number of carbonyl (C=O) groups excluding carboxylic acids is 4. The summed E-state index contributed by atoms with van der Waals surface area (Å²) in [5.74, 6) is -2.15. The Morgan fingerprint density at radius 2 is 1.25 bits per heavy atom. The third-order valence-electron chi connectivity index (χ3n) is 8.37. The highest BCUT2D eigenvalue weighted by molar-refractivity contribution is 8.01. The third kappa shape index (κ3) is 5.64. The number of fused-ring (bicyclic) bond motifs is 2. The Morgan fingerprint density at radius 1 is 0.673 bits per heavy atom. The van der Waals surface area contributed by atoms with Gasteiger partial charge in [0.25, 0.3) is 29.3 Å². The van der Waals surface area contributed by atoms with E-state index in [1.807, 2.05) is 0 Å². The standard InChI is InChI=1S/C38H21N5O6S3/c44-33-26-13-7-8-14-27(26)34(45)40(33)25-16-17-29-32(21-25)52-37(39-29)51-31-18-15-22(20-30(31)43(48)49)19-28-35(46)41(23-9-3-1-4-10-23)38(50)42(36(28)47)24-11-5-2-6-12-24/h1-21H. The minimum Gasteiger partial charge on any atom is -0.268 e. The molecule has 0 radical (unpaired) electrons. The van der Waals surface area contributed by atoms with E-state index in [-0.39, 0.29) is 26.8 Å². The van der Waals surface area contributed by atoms with Crippen molar-refractivity contribution in [1.29, 1.82) is 0 Å². The molecule has 4 amide bonds. The topological polar surface area (TPSA) is 134 Å². The second-order valence-electron chi connectivity index (χ2n) is 11.5. The number of nitrogens with zero attached hydrogens (tertiary/aromatic N) is 5. The Kier molecular flexibility index (Phi) is 8.26. The van der Waals surface area contributed by atoms with Crippen molar-refractivity contribution in [2.45, 2.75) is 9.24 Å². The zero-order valence-electron chi connectivity index (χ0n) is 26.5. The Hall–Kier alpha value is -6.35. The van der Waals surface area contributed by atoms with E-state index >= 15 is 0 Å². The van der Waals surface area contributed by atoms with Crippen molar-refractivity contribution in [2.75, 3.05) is 14.7 Å². The fourth-order valence-electron chi connectivity index (χ4n) is 5.95. The van der Waals surface area contributed by atoms with Gasteiger partial charge in [-0.15, -0.1) is 11.3 Å². The minimum absolute atomic E-state index is 0.0195. The lowest BCUT2D eigenvalue weighted by Crippen LogP contribution is -2.56. The highest BCUT2D eigenvalue weighted by Gasteiger charge is 2.41. The van der Waals surface area contributed by atoms with E-state index in [1.165, 1.54) is 39.3 Å². The molecule has 5 aromatic carbocycles. The largest absolute Gasteiger partial charge is 0.283 e. The van der Waals surface area contributed by atoms with Crippen molar-refractivity contribution in [3.63, 3.8) is 0 Å². The number of rotatable bonds is 7. The molecule has 2 aliphatic heterocycles. The number of para-hydroxylation sites is 2. The quantitative estimate of drug-likeness (QED) is 0.0400. The van der Waals surface area contributed by atoms with Crippen LogP contribution in [0.2, 0.25) is 0 Å². The SMILES string of the molecule is O=C1C(=Cc2ccc(Sc3nc4ccc(N5C(=O)c6ccccc6C5=O)cc4s3)c([N+](=O)[O-])c2)C(=O)N(c2ccccc2)C(=S)N1c1ccccc1. The molecule has 8 rings (SSSR count). The van der Waals surface area contributed by atoms with Gasteiger partial charge in [0.05, 0.1) is 48.2 Å². The zero-order valence-corrected chi connectivity index (χ0v) is 29.0. The summed E-state index contributed by atoms with van der Waals surface area (Å²) in [6.45, 7) is 0. The summed E-state index contributed by atoms with van der Waals surface area (Å²) in [6, 6.07) is 33.5. The Labute approximate surface area is 308 Å². The molecule has 2 aliphatic rings. The molecule has 11 nitrogen and oxygen atoms in total. The van der Waals surface area contributed by atoms with Gasteiger partial charge in [0.15, 0.2) is 9.45 Å². The highest BCUT2D eigenvalue weighted by Crippen LogP contribution is 2.41. The summed E-state index contributed by atoms with van der Waals surface area (Å²) in [5.41, 5.74) is 2.36. The fraction of sp³-hybridized carbons (Fsp3) is 0. The van der Waals surface area contributed by atoms with Gasteiger partial charge in [0, 0.05) is 6.07 Å². The first-order valence-corrected chi connectivity index (χ1v) is 17.6. The molecule has 14 heteroatoms. The molecule has 52 heavy (non-hydrogen) atoms. The zero-order chi connectivity index (χ0) is 36.1. The molecular formula is C38H21N5O6S3. The van der Waals surface area contributed by atoms with Crippen molar-refractivity contribution in [3.8, 4) is 0 Å². The van der Waals surface area contributed by atoms with Gasteiger partial charge in [-0.3, -0.25) is 39.1 Å². The number of carbonyl (C=O) groups is 4. The van der Waals surface area contributed by atoms with Crippen LogP contribution in [0, 0.1) is 10.1 Å².